The summed E-state index contributed by atoms with van der Waals surface area (Å²) in [6, 6.07) is 11.5. The van der Waals surface area contributed by atoms with Crippen molar-refractivity contribution in [1.82, 2.24) is 0 Å². The quantitative estimate of drug-likeness (QED) is 0.507. The molecule has 0 aromatic heterocycles. The van der Waals surface area contributed by atoms with Gasteiger partial charge in [-0.1, -0.05) is 6.07 Å². The molecule has 0 spiro atoms. The summed E-state index contributed by atoms with van der Waals surface area (Å²) < 4.78 is 4.82. The van der Waals surface area contributed by atoms with E-state index in [-0.39, 0.29) is 17.7 Å². The molecular formula is C17H13N3O5. The highest BCUT2D eigenvalue weighted by atomic mass is 16.6. The van der Waals surface area contributed by atoms with Crippen LogP contribution in [-0.2, 0) is 4.74 Å². The number of nitriles is 1. The third-order valence-electron chi connectivity index (χ3n) is 3.15. The summed E-state index contributed by atoms with van der Waals surface area (Å²) in [5, 5.41) is 22.4. The standard InChI is InChI=1S/C17H13N3O5/c1-2-25-17(22)13-7-12(8-15(9-13)20(23)24)16(21)19-14-5-3-4-11(6-14)10-18/h3-9H,2H2,1H3,(H,19,21). The zero-order chi connectivity index (χ0) is 18.4. The second-order valence-electron chi connectivity index (χ2n) is 4.89. The maximum atomic E-state index is 12.4. The van der Waals surface area contributed by atoms with E-state index >= 15 is 0 Å². The van der Waals surface area contributed by atoms with E-state index in [1.54, 1.807) is 25.1 Å². The first-order valence-electron chi connectivity index (χ1n) is 7.22. The van der Waals surface area contributed by atoms with Gasteiger partial charge in [-0.15, -0.1) is 0 Å². The zero-order valence-corrected chi connectivity index (χ0v) is 13.2. The molecular weight excluding hydrogens is 326 g/mol. The van der Waals surface area contributed by atoms with Crippen molar-refractivity contribution in [3.05, 3.63) is 69.3 Å². The summed E-state index contributed by atoms with van der Waals surface area (Å²) in [7, 11) is 0. The minimum Gasteiger partial charge on any atom is -0.462 e. The number of non-ortho nitro benzene ring substituents is 1. The highest BCUT2D eigenvalue weighted by Crippen LogP contribution is 2.20. The second-order valence-corrected chi connectivity index (χ2v) is 4.89. The Bertz CT molecular complexity index is 886. The molecule has 0 radical (unpaired) electrons. The molecule has 0 atom stereocenters. The fraction of sp³-hybridized carbons (Fsp3) is 0.118. The number of nitro benzene ring substituents is 1. The highest BCUT2D eigenvalue weighted by molar-refractivity contribution is 6.06. The summed E-state index contributed by atoms with van der Waals surface area (Å²) in [5.41, 5.74) is 0.144. The van der Waals surface area contributed by atoms with Crippen LogP contribution in [-0.4, -0.2) is 23.4 Å². The average Bonchev–Trinajstić information content (AvgIpc) is 2.61. The predicted octanol–water partition coefficient (Wildman–Crippen LogP) is 2.90. The van der Waals surface area contributed by atoms with E-state index in [2.05, 4.69) is 5.32 Å². The summed E-state index contributed by atoms with van der Waals surface area (Å²) in [6.07, 6.45) is 0. The molecule has 0 aliphatic carbocycles. The molecule has 8 nitrogen and oxygen atoms in total. The minimum atomic E-state index is -0.758. The van der Waals surface area contributed by atoms with Crippen molar-refractivity contribution in [1.29, 1.82) is 5.26 Å². The zero-order valence-electron chi connectivity index (χ0n) is 13.2. The number of nitrogens with zero attached hydrogens (tertiary/aromatic N) is 2. The number of hydrogen-bond acceptors (Lipinski definition) is 6. The third kappa shape index (κ3) is 4.39. The molecule has 0 saturated carbocycles. The van der Waals surface area contributed by atoms with Gasteiger partial charge in [0.1, 0.15) is 0 Å². The maximum absolute atomic E-state index is 12.4. The topological polar surface area (TPSA) is 122 Å². The molecule has 1 amide bonds. The summed E-state index contributed by atoms with van der Waals surface area (Å²) >= 11 is 0. The molecule has 0 aliphatic rings. The molecule has 1 N–H and O–H groups in total. The van der Waals surface area contributed by atoms with E-state index < -0.39 is 22.5 Å². The van der Waals surface area contributed by atoms with Crippen LogP contribution in [0.15, 0.2) is 42.5 Å². The predicted molar refractivity (Wildman–Crippen MR) is 88.2 cm³/mol. The van der Waals surface area contributed by atoms with Crippen LogP contribution in [0, 0.1) is 21.4 Å². The molecule has 0 fully saturated rings. The first kappa shape index (κ1) is 17.6. The van der Waals surface area contributed by atoms with Crippen molar-refractivity contribution in [3.8, 4) is 6.07 Å². The van der Waals surface area contributed by atoms with Crippen molar-refractivity contribution in [2.24, 2.45) is 0 Å². The number of amides is 1. The number of ether oxygens (including phenoxy) is 1. The van der Waals surface area contributed by atoms with Gasteiger partial charge in [-0.05, 0) is 31.2 Å². The minimum absolute atomic E-state index is 0.0698. The Hall–Kier alpha value is -3.73. The van der Waals surface area contributed by atoms with Crippen LogP contribution in [0.3, 0.4) is 0 Å². The molecule has 2 aromatic carbocycles. The van der Waals surface area contributed by atoms with E-state index in [1.807, 2.05) is 6.07 Å². The van der Waals surface area contributed by atoms with Crippen LogP contribution < -0.4 is 5.32 Å². The van der Waals surface area contributed by atoms with Gasteiger partial charge in [0.25, 0.3) is 11.6 Å². The van der Waals surface area contributed by atoms with Gasteiger partial charge in [0, 0.05) is 23.4 Å². The number of nitrogens with one attached hydrogen (secondary N) is 1. The molecule has 0 saturated heterocycles. The SMILES string of the molecule is CCOC(=O)c1cc(C(=O)Nc2cccc(C#N)c2)cc([N+](=O)[O-])c1. The Morgan fingerprint density at radius 3 is 2.60 bits per heavy atom. The molecule has 8 heteroatoms. The van der Waals surface area contributed by atoms with Crippen LogP contribution in [0.4, 0.5) is 11.4 Å². The first-order valence-corrected chi connectivity index (χ1v) is 7.22. The highest BCUT2D eigenvalue weighted by Gasteiger charge is 2.19. The lowest BCUT2D eigenvalue weighted by molar-refractivity contribution is -0.384. The van der Waals surface area contributed by atoms with E-state index in [0.29, 0.717) is 11.3 Å². The van der Waals surface area contributed by atoms with Gasteiger partial charge < -0.3 is 10.1 Å². The number of benzene rings is 2. The molecule has 2 aromatic rings. The number of carbonyl (C=O) groups excluding carboxylic acids is 2. The van der Waals surface area contributed by atoms with Gasteiger partial charge >= 0.3 is 5.97 Å². The van der Waals surface area contributed by atoms with Crippen molar-refractivity contribution < 1.29 is 19.2 Å². The Kier molecular flexibility index (Phi) is 5.43. The van der Waals surface area contributed by atoms with Gasteiger partial charge in [0.15, 0.2) is 0 Å². The normalized spacial score (nSPS) is 9.76. The van der Waals surface area contributed by atoms with E-state index in [4.69, 9.17) is 10.00 Å². The average molecular weight is 339 g/mol. The van der Waals surface area contributed by atoms with Gasteiger partial charge in [0.05, 0.1) is 28.7 Å². The lowest BCUT2D eigenvalue weighted by Gasteiger charge is -2.07. The summed E-state index contributed by atoms with van der Waals surface area (Å²) in [5.74, 6) is -1.41. The van der Waals surface area contributed by atoms with Gasteiger partial charge in [-0.3, -0.25) is 14.9 Å². The fourth-order valence-corrected chi connectivity index (χ4v) is 2.05. The van der Waals surface area contributed by atoms with Gasteiger partial charge in [-0.25, -0.2) is 4.79 Å². The fourth-order valence-electron chi connectivity index (χ4n) is 2.05. The van der Waals surface area contributed by atoms with Crippen LogP contribution in [0.5, 0.6) is 0 Å². The van der Waals surface area contributed by atoms with Crippen molar-refractivity contribution >= 4 is 23.3 Å². The Balaban J connectivity index is 2.36. The van der Waals surface area contributed by atoms with Crippen LogP contribution >= 0.6 is 0 Å². The lowest BCUT2D eigenvalue weighted by Crippen LogP contribution is -2.14. The van der Waals surface area contributed by atoms with E-state index in [0.717, 1.165) is 12.1 Å². The number of anilines is 1. The Morgan fingerprint density at radius 1 is 1.24 bits per heavy atom. The Labute approximate surface area is 142 Å². The molecule has 0 bridgehead atoms. The van der Waals surface area contributed by atoms with Crippen molar-refractivity contribution in [2.45, 2.75) is 6.92 Å². The molecule has 0 unspecified atom stereocenters. The largest absolute Gasteiger partial charge is 0.462 e. The number of nitro groups is 1. The van der Waals surface area contributed by atoms with Crippen molar-refractivity contribution in [3.63, 3.8) is 0 Å². The number of hydrogen-bond donors (Lipinski definition) is 1. The monoisotopic (exact) mass is 339 g/mol. The second kappa shape index (κ2) is 7.70. The number of carbonyl (C=O) groups is 2. The van der Waals surface area contributed by atoms with Crippen molar-refractivity contribution in [2.75, 3.05) is 11.9 Å². The molecule has 2 rings (SSSR count). The third-order valence-corrected chi connectivity index (χ3v) is 3.15. The number of esters is 1. The van der Waals surface area contributed by atoms with E-state index in [9.17, 15) is 19.7 Å². The lowest BCUT2D eigenvalue weighted by atomic mass is 10.1. The van der Waals surface area contributed by atoms with Crippen LogP contribution in [0.1, 0.15) is 33.2 Å². The summed E-state index contributed by atoms with van der Waals surface area (Å²) in [4.78, 5) is 34.5. The van der Waals surface area contributed by atoms with E-state index in [1.165, 1.54) is 12.1 Å². The van der Waals surface area contributed by atoms with Gasteiger partial charge in [-0.2, -0.15) is 5.26 Å². The maximum Gasteiger partial charge on any atom is 0.338 e. The molecule has 126 valence electrons. The number of rotatable bonds is 5. The van der Waals surface area contributed by atoms with Crippen LogP contribution in [0.25, 0.3) is 0 Å². The first-order chi connectivity index (χ1) is 11.9. The van der Waals surface area contributed by atoms with Gasteiger partial charge in [0.2, 0.25) is 0 Å². The Morgan fingerprint density at radius 2 is 1.96 bits per heavy atom. The van der Waals surface area contributed by atoms with Crippen LogP contribution in [0.2, 0.25) is 0 Å². The molecule has 0 aliphatic heterocycles. The molecule has 25 heavy (non-hydrogen) atoms. The smallest absolute Gasteiger partial charge is 0.338 e. The molecule has 0 heterocycles. The summed E-state index contributed by atoms with van der Waals surface area (Å²) in [6.45, 7) is 1.70.